The molecule has 2 N–H and O–H groups in total. The molecule has 0 spiro atoms. The van der Waals surface area contributed by atoms with Crippen molar-refractivity contribution in [3.05, 3.63) is 117 Å². The average Bonchev–Trinajstić information content (AvgIpc) is 3.56. The van der Waals surface area contributed by atoms with Crippen molar-refractivity contribution in [1.29, 1.82) is 0 Å². The summed E-state index contributed by atoms with van der Waals surface area (Å²) in [4.78, 5) is 147. The predicted octanol–water partition coefficient (Wildman–Crippen LogP) is 9.44. The molecule has 2 saturated carbocycles. The zero-order valence-electron chi connectivity index (χ0n) is 51.6. The van der Waals surface area contributed by atoms with Crippen LogP contribution in [0.25, 0.3) is 0 Å². The molecule has 0 amide bonds. The van der Waals surface area contributed by atoms with E-state index in [0.29, 0.717) is 41.6 Å². The minimum atomic E-state index is -0.924. The molecular weight excluding hydrogens is 1130 g/mol. The lowest BCUT2D eigenvalue weighted by Gasteiger charge is -2.30. The van der Waals surface area contributed by atoms with Crippen LogP contribution in [0.5, 0.6) is 0 Å². The van der Waals surface area contributed by atoms with Crippen LogP contribution in [0.4, 0.5) is 0 Å². The van der Waals surface area contributed by atoms with Crippen molar-refractivity contribution in [2.45, 2.75) is 163 Å². The highest BCUT2D eigenvalue weighted by molar-refractivity contribution is 6.31. The fourth-order valence-corrected chi connectivity index (χ4v) is 10.2. The Bertz CT molecular complexity index is 2850. The molecule has 2 unspecified atom stereocenters. The van der Waals surface area contributed by atoms with Crippen molar-refractivity contribution in [3.63, 3.8) is 0 Å². The Labute approximate surface area is 508 Å². The van der Waals surface area contributed by atoms with Gasteiger partial charge in [-0.15, -0.1) is 0 Å². The largest absolute Gasteiger partial charge is 0.493 e. The van der Waals surface area contributed by atoms with Gasteiger partial charge in [0.2, 0.25) is 17.3 Å². The van der Waals surface area contributed by atoms with E-state index in [1.807, 2.05) is 0 Å². The molecule has 0 aromatic heterocycles. The molecule has 0 aromatic carbocycles. The lowest BCUT2D eigenvalue weighted by Crippen LogP contribution is -2.30. The van der Waals surface area contributed by atoms with Crippen LogP contribution in [0.15, 0.2) is 117 Å². The van der Waals surface area contributed by atoms with Crippen LogP contribution in [0.3, 0.4) is 0 Å². The normalized spacial score (nSPS) is 21.7. The van der Waals surface area contributed by atoms with E-state index in [-0.39, 0.29) is 74.3 Å². The summed E-state index contributed by atoms with van der Waals surface area (Å²) in [6, 6.07) is 0. The Kier molecular flexibility index (Phi) is 31.9. The Balaban J connectivity index is 0.000000328. The summed E-state index contributed by atoms with van der Waals surface area (Å²) >= 11 is 0. The summed E-state index contributed by atoms with van der Waals surface area (Å²) < 4.78 is 23.8. The fraction of sp³-hybridized carbons (Fsp3) is 0.515. The van der Waals surface area contributed by atoms with Gasteiger partial charge in [0.15, 0.2) is 57.8 Å². The van der Waals surface area contributed by atoms with Crippen molar-refractivity contribution in [2.75, 3.05) is 35.0 Å². The highest BCUT2D eigenvalue weighted by Gasteiger charge is 2.35. The summed E-state index contributed by atoms with van der Waals surface area (Å²) in [5.74, 6) is -2.66. The quantitative estimate of drug-likeness (QED) is 0.0270. The lowest BCUT2D eigenvalue weighted by atomic mass is 9.76. The highest BCUT2D eigenvalue weighted by Crippen LogP contribution is 2.37. The van der Waals surface area contributed by atoms with Crippen LogP contribution in [0.2, 0.25) is 0 Å². The van der Waals surface area contributed by atoms with E-state index in [1.165, 1.54) is 117 Å². The second-order valence-electron chi connectivity index (χ2n) is 22.0. The van der Waals surface area contributed by atoms with Gasteiger partial charge in [-0.05, 0) is 101 Å². The summed E-state index contributed by atoms with van der Waals surface area (Å²) in [6.07, 6.45) is 29.3. The Morgan fingerprint density at radius 2 is 0.805 bits per heavy atom. The summed E-state index contributed by atoms with van der Waals surface area (Å²) in [6.45, 7) is 11.0. The predicted molar refractivity (Wildman–Crippen MR) is 316 cm³/mol. The third kappa shape index (κ3) is 23.5. The van der Waals surface area contributed by atoms with E-state index in [4.69, 9.17) is 14.9 Å². The first-order valence-electron chi connectivity index (χ1n) is 29.4. The fourth-order valence-electron chi connectivity index (χ4n) is 10.2. The summed E-state index contributed by atoms with van der Waals surface area (Å²) in [5.41, 5.74) is 1.06. The Morgan fingerprint density at radius 3 is 1.22 bits per heavy atom. The minimum Gasteiger partial charge on any atom is -0.493 e. The minimum absolute atomic E-state index is 0.0137. The molecule has 21 nitrogen and oxygen atoms in total. The monoisotopic (exact) mass is 1210 g/mol. The van der Waals surface area contributed by atoms with E-state index < -0.39 is 47.3 Å². The number of carbonyl (C=O) groups is 12. The molecule has 7 aliphatic carbocycles. The molecule has 7 rings (SSSR count). The number of esters is 2. The van der Waals surface area contributed by atoms with Gasteiger partial charge in [-0.2, -0.15) is 0 Å². The van der Waals surface area contributed by atoms with Gasteiger partial charge in [0, 0.05) is 58.2 Å². The number of methoxy groups -OCH3 is 4. The molecule has 0 aliphatic heterocycles. The van der Waals surface area contributed by atoms with E-state index >= 15 is 0 Å². The van der Waals surface area contributed by atoms with Gasteiger partial charge in [-0.3, -0.25) is 58.5 Å². The first-order chi connectivity index (χ1) is 41.4. The maximum atomic E-state index is 12.8. The Hall–Kier alpha value is -7.72. The van der Waals surface area contributed by atoms with Crippen molar-refractivity contribution in [1.82, 2.24) is 0 Å². The van der Waals surface area contributed by atoms with Gasteiger partial charge in [0.25, 0.3) is 0 Å². The van der Waals surface area contributed by atoms with Crippen molar-refractivity contribution < 1.29 is 102 Å². The first-order valence-corrected chi connectivity index (χ1v) is 29.4. The number of ether oxygens (including phenoxy) is 5. The maximum absolute atomic E-state index is 12.8. The molecule has 0 heterocycles. The molecule has 0 radical (unpaired) electrons. The number of hydrogen-bond acceptors (Lipinski definition) is 21. The zero-order chi connectivity index (χ0) is 64.9. The molecular formula is C66H84O21. The number of ketones is 10. The van der Waals surface area contributed by atoms with Crippen molar-refractivity contribution in [2.24, 2.45) is 23.7 Å². The first kappa shape index (κ1) is 73.5. The van der Waals surface area contributed by atoms with Gasteiger partial charge in [0.1, 0.15) is 23.4 Å². The lowest BCUT2D eigenvalue weighted by molar-refractivity contribution is -0.271. The molecule has 2 fully saturated rings. The average molecular weight is 1210 g/mol. The highest BCUT2D eigenvalue weighted by atomic mass is 17.1. The number of unbranched alkanes of at least 4 members (excludes halogenated alkanes) is 4. The summed E-state index contributed by atoms with van der Waals surface area (Å²) in [5, 5.41) is 18.0. The van der Waals surface area contributed by atoms with Crippen LogP contribution >= 0.6 is 0 Å². The van der Waals surface area contributed by atoms with E-state index in [0.717, 1.165) is 93.9 Å². The summed E-state index contributed by atoms with van der Waals surface area (Å²) in [7, 11) is 5.15. The van der Waals surface area contributed by atoms with Crippen LogP contribution in [0.1, 0.15) is 151 Å². The van der Waals surface area contributed by atoms with Gasteiger partial charge in [-0.1, -0.05) is 104 Å². The topological polar surface area (TPSA) is 310 Å². The van der Waals surface area contributed by atoms with Crippen LogP contribution in [-0.4, -0.2) is 128 Å². The second-order valence-corrected chi connectivity index (χ2v) is 22.0. The van der Waals surface area contributed by atoms with Crippen LogP contribution in [-0.2, 0) is 91.0 Å². The van der Waals surface area contributed by atoms with Gasteiger partial charge < -0.3 is 23.7 Å². The third-order valence-corrected chi connectivity index (χ3v) is 15.7. The third-order valence-electron chi connectivity index (χ3n) is 15.7. The van der Waals surface area contributed by atoms with Gasteiger partial charge >= 0.3 is 11.9 Å². The van der Waals surface area contributed by atoms with Gasteiger partial charge in [0.05, 0.1) is 35.0 Å². The molecule has 21 heteroatoms. The molecule has 2 atom stereocenters. The molecule has 7 aliphatic rings. The number of rotatable bonds is 21. The Morgan fingerprint density at radius 1 is 0.437 bits per heavy atom. The van der Waals surface area contributed by atoms with Crippen LogP contribution < -0.4 is 0 Å². The zero-order valence-corrected chi connectivity index (χ0v) is 51.6. The van der Waals surface area contributed by atoms with E-state index in [1.54, 1.807) is 20.8 Å². The van der Waals surface area contributed by atoms with E-state index in [9.17, 15) is 62.8 Å². The van der Waals surface area contributed by atoms with E-state index in [2.05, 4.69) is 37.7 Å². The smallest absolute Gasteiger partial charge is 0.342 e. The number of carbonyl (C=O) groups excluding carboxylic acids is 12. The molecule has 0 aromatic rings. The molecule has 87 heavy (non-hydrogen) atoms. The molecule has 0 saturated heterocycles. The standard InChI is InChI=1S/C32H50O6.C10H10O6.C8H8O4.C8H8O3.C8H8O2/c1-3-5-7-9-23-11-15-25(16-12-23)19-31(38-36)27-20-30(34)28(21-29(27)33)32(35)37-22-26-17-13-24(14-18-26)10-8-6-4-2;1-5(16-14)6-3-9(12)7(4-8(6)11)10(13)15-2;1-11-7-3-6(10)8(12-2)4-5(7)9;1-5-3-7(10)8(11-2)4-6(5)9;1-5-3-8(10)6(2)4-7(5)9/h20-21,23-26,31,36H,3-19,22H2,1-2H3;3-5,14H,1-2H3;3-4H,1-2H3;3-4H,1-2H3;3-4H,1-2H3. The molecule has 0 bridgehead atoms. The van der Waals surface area contributed by atoms with Gasteiger partial charge in [-0.25, -0.2) is 19.4 Å². The SMILES string of the molecule is CC1=CC(=O)C(C)=CC1=O.CCCCCC1CCC(COC(=O)C2=CC(=O)C(C(CC3CCC(CCCCC)CC3)OO)=CC2=O)CC1.COC(=O)C1=CC(=O)C(C(C)OO)=CC1=O.COC1=CC(=O)C(C)=CC1=O.COC1=CC(=O)C(OC)=CC1=O. The van der Waals surface area contributed by atoms with Crippen molar-refractivity contribution in [3.8, 4) is 0 Å². The maximum Gasteiger partial charge on any atom is 0.342 e. The second kappa shape index (κ2) is 37.8. The number of hydrogen-bond donors (Lipinski definition) is 2. The number of allylic oxidation sites excluding steroid dienone is 13. The van der Waals surface area contributed by atoms with Crippen molar-refractivity contribution >= 4 is 69.8 Å². The van der Waals surface area contributed by atoms with Crippen LogP contribution in [0, 0.1) is 23.7 Å². The molecule has 474 valence electrons.